The number of carbonyl (C=O) groups is 2. The number of rotatable bonds is 7. The van der Waals surface area contributed by atoms with Gasteiger partial charge in [0.2, 0.25) is 0 Å². The number of hydrogen-bond acceptors (Lipinski definition) is 6. The molecule has 31 heavy (non-hydrogen) atoms. The predicted molar refractivity (Wildman–Crippen MR) is 116 cm³/mol. The zero-order valence-corrected chi connectivity index (χ0v) is 18.0. The van der Waals surface area contributed by atoms with E-state index in [4.69, 9.17) is 14.5 Å². The van der Waals surface area contributed by atoms with E-state index in [-0.39, 0.29) is 11.3 Å². The average molecular weight is 420 g/mol. The van der Waals surface area contributed by atoms with Crippen molar-refractivity contribution in [3.8, 4) is 17.1 Å². The molecule has 0 saturated carbocycles. The van der Waals surface area contributed by atoms with E-state index < -0.39 is 6.10 Å². The standard InChI is InChI=1S/C24H24N2O5/c1-5-15-17-9-14(31-12-27)7-8-20(17)25-22-19(15)11-26-21(22)10-18(16(6-2)24(26)29)23(30-4)13(3)28/h7-10,12,23H,5-6,11H2,1-4H3. The lowest BCUT2D eigenvalue weighted by Crippen LogP contribution is -2.27. The summed E-state index contributed by atoms with van der Waals surface area (Å²) in [6, 6.07) is 7.19. The minimum Gasteiger partial charge on any atom is -0.429 e. The molecule has 7 nitrogen and oxygen atoms in total. The number of nitrogens with zero attached hydrogens (tertiary/aromatic N) is 2. The van der Waals surface area contributed by atoms with E-state index in [9.17, 15) is 14.4 Å². The summed E-state index contributed by atoms with van der Waals surface area (Å²) in [5.74, 6) is 0.301. The quantitative estimate of drug-likeness (QED) is 0.426. The van der Waals surface area contributed by atoms with Crippen molar-refractivity contribution in [3.63, 3.8) is 0 Å². The van der Waals surface area contributed by atoms with Crippen LogP contribution in [0.5, 0.6) is 5.75 Å². The van der Waals surface area contributed by atoms with E-state index >= 15 is 0 Å². The fraction of sp³-hybridized carbons (Fsp3) is 0.333. The molecule has 0 bridgehead atoms. The smallest absolute Gasteiger partial charge is 0.298 e. The average Bonchev–Trinajstić information content (AvgIpc) is 3.11. The van der Waals surface area contributed by atoms with Crippen LogP contribution in [0.3, 0.4) is 0 Å². The Morgan fingerprint density at radius 2 is 1.97 bits per heavy atom. The van der Waals surface area contributed by atoms with Crippen molar-refractivity contribution >= 4 is 23.2 Å². The Morgan fingerprint density at radius 1 is 1.23 bits per heavy atom. The number of methoxy groups -OCH3 is 1. The van der Waals surface area contributed by atoms with Gasteiger partial charge in [-0.25, -0.2) is 4.98 Å². The van der Waals surface area contributed by atoms with Crippen molar-refractivity contribution in [2.45, 2.75) is 46.3 Å². The number of benzene rings is 1. The van der Waals surface area contributed by atoms with Crippen LogP contribution in [-0.4, -0.2) is 28.9 Å². The van der Waals surface area contributed by atoms with Crippen LogP contribution in [0.15, 0.2) is 29.1 Å². The van der Waals surface area contributed by atoms with Crippen LogP contribution in [0.1, 0.15) is 49.1 Å². The molecule has 1 atom stereocenters. The molecule has 2 aromatic heterocycles. The highest BCUT2D eigenvalue weighted by molar-refractivity contribution is 5.89. The molecular weight excluding hydrogens is 396 g/mol. The number of carbonyl (C=O) groups excluding carboxylic acids is 2. The maximum absolute atomic E-state index is 13.4. The topological polar surface area (TPSA) is 87.5 Å². The number of Topliss-reactive ketones (excluding diaryl/α,β-unsaturated/α-hetero) is 1. The molecule has 0 radical (unpaired) electrons. The van der Waals surface area contributed by atoms with Gasteiger partial charge in [0.1, 0.15) is 11.9 Å². The fourth-order valence-electron chi connectivity index (χ4n) is 4.58. The molecule has 0 fully saturated rings. The SMILES string of the molecule is CCc1c(C(OC)C(C)=O)cc2n(c1=O)Cc1c-2nc2ccc(OC=O)cc2c1CC. The van der Waals surface area contributed by atoms with E-state index in [2.05, 4.69) is 0 Å². The second-order valence-corrected chi connectivity index (χ2v) is 7.60. The number of ketones is 1. The van der Waals surface area contributed by atoms with Gasteiger partial charge in [0.05, 0.1) is 23.4 Å². The second-order valence-electron chi connectivity index (χ2n) is 7.60. The molecule has 0 spiro atoms. The van der Waals surface area contributed by atoms with E-state index in [0.717, 1.165) is 34.1 Å². The second kappa shape index (κ2) is 8.07. The summed E-state index contributed by atoms with van der Waals surface area (Å²) >= 11 is 0. The van der Waals surface area contributed by atoms with Crippen LogP contribution in [0.25, 0.3) is 22.3 Å². The summed E-state index contributed by atoms with van der Waals surface area (Å²) in [6.07, 6.45) is 0.447. The molecule has 0 aliphatic carbocycles. The highest BCUT2D eigenvalue weighted by Crippen LogP contribution is 2.38. The Kier molecular flexibility index (Phi) is 5.45. The van der Waals surface area contributed by atoms with Gasteiger partial charge < -0.3 is 14.0 Å². The molecule has 4 rings (SSSR count). The molecular formula is C24H24N2O5. The summed E-state index contributed by atoms with van der Waals surface area (Å²) in [7, 11) is 1.48. The van der Waals surface area contributed by atoms with Crippen LogP contribution in [0.2, 0.25) is 0 Å². The third-order valence-electron chi connectivity index (χ3n) is 5.95. The first-order valence-electron chi connectivity index (χ1n) is 10.3. The normalized spacial score (nSPS) is 13.0. The third kappa shape index (κ3) is 3.25. The molecule has 3 heterocycles. The van der Waals surface area contributed by atoms with Crippen molar-refractivity contribution in [1.29, 1.82) is 0 Å². The van der Waals surface area contributed by atoms with Crippen LogP contribution in [0.4, 0.5) is 0 Å². The number of aromatic nitrogens is 2. The summed E-state index contributed by atoms with van der Waals surface area (Å²) in [4.78, 5) is 41.1. The van der Waals surface area contributed by atoms with Gasteiger partial charge in [-0.3, -0.25) is 14.4 Å². The zero-order chi connectivity index (χ0) is 22.3. The van der Waals surface area contributed by atoms with Crippen LogP contribution < -0.4 is 10.3 Å². The lowest BCUT2D eigenvalue weighted by atomic mass is 9.96. The Labute approximate surface area is 179 Å². The van der Waals surface area contributed by atoms with Crippen molar-refractivity contribution in [1.82, 2.24) is 9.55 Å². The third-order valence-corrected chi connectivity index (χ3v) is 5.95. The highest BCUT2D eigenvalue weighted by Gasteiger charge is 2.30. The molecule has 1 unspecified atom stereocenters. The molecule has 0 N–H and O–H groups in total. The van der Waals surface area contributed by atoms with Gasteiger partial charge in [0, 0.05) is 23.6 Å². The Hall–Kier alpha value is -3.32. The lowest BCUT2D eigenvalue weighted by molar-refractivity contribution is -0.127. The number of aryl methyl sites for hydroxylation is 1. The summed E-state index contributed by atoms with van der Waals surface area (Å²) < 4.78 is 12.2. The molecule has 0 saturated heterocycles. The number of fused-ring (bicyclic) bond motifs is 4. The Bertz CT molecular complexity index is 1280. The van der Waals surface area contributed by atoms with Crippen LogP contribution >= 0.6 is 0 Å². The van der Waals surface area contributed by atoms with E-state index in [1.54, 1.807) is 16.7 Å². The van der Waals surface area contributed by atoms with E-state index in [1.165, 1.54) is 14.0 Å². The maximum Gasteiger partial charge on any atom is 0.298 e. The molecule has 1 aliphatic rings. The Balaban J connectivity index is 2.01. The molecule has 3 aromatic rings. The van der Waals surface area contributed by atoms with Gasteiger partial charge in [-0.1, -0.05) is 13.8 Å². The van der Waals surface area contributed by atoms with Gasteiger partial charge >= 0.3 is 0 Å². The Morgan fingerprint density at radius 3 is 2.58 bits per heavy atom. The fourth-order valence-corrected chi connectivity index (χ4v) is 4.58. The van der Waals surface area contributed by atoms with Crippen molar-refractivity contribution in [2.24, 2.45) is 0 Å². The molecule has 1 aromatic carbocycles. The van der Waals surface area contributed by atoms with Gasteiger partial charge in [-0.05, 0) is 55.2 Å². The van der Waals surface area contributed by atoms with Crippen molar-refractivity contribution in [2.75, 3.05) is 7.11 Å². The predicted octanol–water partition coefficient (Wildman–Crippen LogP) is 3.36. The molecule has 160 valence electrons. The van der Waals surface area contributed by atoms with Crippen molar-refractivity contribution < 1.29 is 19.1 Å². The molecule has 0 amide bonds. The lowest BCUT2D eigenvalue weighted by Gasteiger charge is -2.18. The largest absolute Gasteiger partial charge is 0.429 e. The summed E-state index contributed by atoms with van der Waals surface area (Å²) in [6.45, 7) is 6.23. The number of hydrogen-bond donors (Lipinski definition) is 0. The van der Waals surface area contributed by atoms with Gasteiger partial charge in [0.15, 0.2) is 5.78 Å². The van der Waals surface area contributed by atoms with Gasteiger partial charge in [-0.15, -0.1) is 0 Å². The maximum atomic E-state index is 13.4. The summed E-state index contributed by atoms with van der Waals surface area (Å²) in [5, 5.41) is 0.899. The van der Waals surface area contributed by atoms with E-state index in [0.29, 0.717) is 42.0 Å². The van der Waals surface area contributed by atoms with E-state index in [1.807, 2.05) is 26.0 Å². The van der Waals surface area contributed by atoms with Crippen LogP contribution in [0, 0.1) is 0 Å². The zero-order valence-electron chi connectivity index (χ0n) is 18.0. The monoisotopic (exact) mass is 420 g/mol. The first-order valence-corrected chi connectivity index (χ1v) is 10.3. The summed E-state index contributed by atoms with van der Waals surface area (Å²) in [5.41, 5.74) is 5.31. The highest BCUT2D eigenvalue weighted by atomic mass is 16.5. The van der Waals surface area contributed by atoms with Crippen LogP contribution in [-0.2, 0) is 33.7 Å². The molecule has 1 aliphatic heterocycles. The van der Waals surface area contributed by atoms with Crippen molar-refractivity contribution in [3.05, 3.63) is 56.9 Å². The van der Waals surface area contributed by atoms with Gasteiger partial charge in [-0.2, -0.15) is 0 Å². The minimum atomic E-state index is -0.785. The number of ether oxygens (including phenoxy) is 2. The number of pyridine rings is 2. The molecule has 7 heteroatoms. The minimum absolute atomic E-state index is 0.118. The first kappa shape index (κ1) is 20.9. The van der Waals surface area contributed by atoms with Gasteiger partial charge in [0.25, 0.3) is 12.0 Å². The first-order chi connectivity index (χ1) is 14.9.